The highest BCUT2D eigenvalue weighted by Gasteiger charge is 2.10. The van der Waals surface area contributed by atoms with Crippen molar-refractivity contribution in [3.8, 4) is 0 Å². The maximum atomic E-state index is 12.3. The van der Waals surface area contributed by atoms with Crippen molar-refractivity contribution in [3.63, 3.8) is 0 Å². The first kappa shape index (κ1) is 12.7. The van der Waals surface area contributed by atoms with E-state index in [0.717, 1.165) is 16.6 Å². The van der Waals surface area contributed by atoms with Crippen molar-refractivity contribution in [2.45, 2.75) is 6.92 Å². The normalized spacial score (nSPS) is 10.7. The molecule has 1 aromatic heterocycles. The van der Waals surface area contributed by atoms with Gasteiger partial charge in [0.05, 0.1) is 17.4 Å². The third-order valence-corrected chi connectivity index (χ3v) is 3.61. The standard InChI is InChI=1S/C15H12ClN3O/c1-9-11(16)3-2-4-12(9)19-15(20)10-5-6-13-14(7-10)18-8-17-13/h2-8H,1H3,(H,17,18)(H,19,20). The molecule has 5 heteroatoms. The van der Waals surface area contributed by atoms with Crippen LogP contribution in [0.1, 0.15) is 15.9 Å². The molecule has 0 atom stereocenters. The van der Waals surface area contributed by atoms with E-state index in [2.05, 4.69) is 15.3 Å². The van der Waals surface area contributed by atoms with Crippen molar-refractivity contribution in [2.75, 3.05) is 5.32 Å². The van der Waals surface area contributed by atoms with Crippen LogP contribution in [0.5, 0.6) is 0 Å². The van der Waals surface area contributed by atoms with E-state index < -0.39 is 0 Å². The van der Waals surface area contributed by atoms with Crippen molar-refractivity contribution in [1.29, 1.82) is 0 Å². The molecule has 0 fully saturated rings. The highest BCUT2D eigenvalue weighted by molar-refractivity contribution is 6.31. The third-order valence-electron chi connectivity index (χ3n) is 3.20. The van der Waals surface area contributed by atoms with Crippen LogP contribution < -0.4 is 5.32 Å². The van der Waals surface area contributed by atoms with Gasteiger partial charge in [0.25, 0.3) is 5.91 Å². The molecule has 0 unspecified atom stereocenters. The number of hydrogen-bond acceptors (Lipinski definition) is 2. The number of imidazole rings is 1. The predicted octanol–water partition coefficient (Wildman–Crippen LogP) is 3.78. The van der Waals surface area contributed by atoms with Gasteiger partial charge >= 0.3 is 0 Å². The first-order valence-corrected chi connectivity index (χ1v) is 6.52. The lowest BCUT2D eigenvalue weighted by molar-refractivity contribution is 0.102. The zero-order valence-corrected chi connectivity index (χ0v) is 11.5. The number of nitrogens with one attached hydrogen (secondary N) is 2. The minimum absolute atomic E-state index is 0.174. The van der Waals surface area contributed by atoms with Crippen LogP contribution in [0, 0.1) is 6.92 Å². The van der Waals surface area contributed by atoms with Crippen LogP contribution in [0.4, 0.5) is 5.69 Å². The lowest BCUT2D eigenvalue weighted by atomic mass is 10.1. The molecule has 2 N–H and O–H groups in total. The number of halogens is 1. The highest BCUT2D eigenvalue weighted by atomic mass is 35.5. The van der Waals surface area contributed by atoms with Gasteiger partial charge in [-0.2, -0.15) is 0 Å². The summed E-state index contributed by atoms with van der Waals surface area (Å²) in [5.74, 6) is -0.174. The molecule has 4 nitrogen and oxygen atoms in total. The first-order chi connectivity index (χ1) is 9.65. The number of hydrogen-bond donors (Lipinski definition) is 2. The van der Waals surface area contributed by atoms with E-state index in [4.69, 9.17) is 11.6 Å². The smallest absolute Gasteiger partial charge is 0.255 e. The van der Waals surface area contributed by atoms with E-state index in [1.165, 1.54) is 0 Å². The van der Waals surface area contributed by atoms with Gasteiger partial charge in [0.15, 0.2) is 0 Å². The molecule has 1 heterocycles. The third kappa shape index (κ3) is 2.26. The lowest BCUT2D eigenvalue weighted by Crippen LogP contribution is -2.12. The van der Waals surface area contributed by atoms with E-state index in [1.54, 1.807) is 24.5 Å². The summed E-state index contributed by atoms with van der Waals surface area (Å²) in [5, 5.41) is 3.50. The van der Waals surface area contributed by atoms with Crippen LogP contribution in [0.3, 0.4) is 0 Å². The molecule has 2 aromatic carbocycles. The van der Waals surface area contributed by atoms with Crippen LogP contribution in [-0.4, -0.2) is 15.9 Å². The average molecular weight is 286 g/mol. The summed E-state index contributed by atoms with van der Waals surface area (Å²) in [6.45, 7) is 1.87. The first-order valence-electron chi connectivity index (χ1n) is 6.15. The van der Waals surface area contributed by atoms with Gasteiger partial charge in [-0.15, -0.1) is 0 Å². The molecule has 0 aliphatic heterocycles. The zero-order valence-electron chi connectivity index (χ0n) is 10.8. The molecular weight excluding hydrogens is 274 g/mol. The second kappa shape index (κ2) is 4.98. The topological polar surface area (TPSA) is 57.8 Å². The van der Waals surface area contributed by atoms with Crippen molar-refractivity contribution < 1.29 is 4.79 Å². The Kier molecular flexibility index (Phi) is 3.16. The number of benzene rings is 2. The molecule has 0 saturated carbocycles. The van der Waals surface area contributed by atoms with E-state index >= 15 is 0 Å². The summed E-state index contributed by atoms with van der Waals surface area (Å²) in [6, 6.07) is 10.8. The highest BCUT2D eigenvalue weighted by Crippen LogP contribution is 2.23. The molecule has 0 radical (unpaired) electrons. The van der Waals surface area contributed by atoms with Crippen LogP contribution in [0.15, 0.2) is 42.7 Å². The number of amides is 1. The van der Waals surface area contributed by atoms with E-state index in [9.17, 15) is 4.79 Å². The maximum Gasteiger partial charge on any atom is 0.255 e. The molecule has 20 heavy (non-hydrogen) atoms. The molecule has 0 aliphatic rings. The number of carbonyl (C=O) groups excluding carboxylic acids is 1. The Morgan fingerprint density at radius 1 is 1.30 bits per heavy atom. The Morgan fingerprint density at radius 3 is 3.00 bits per heavy atom. The molecule has 100 valence electrons. The average Bonchev–Trinajstić information content (AvgIpc) is 2.91. The summed E-state index contributed by atoms with van der Waals surface area (Å²) < 4.78 is 0. The SMILES string of the molecule is Cc1c(Cl)cccc1NC(=O)c1ccc2nc[nH]c2c1. The molecule has 0 aliphatic carbocycles. The molecule has 1 amide bonds. The number of aromatic nitrogens is 2. The summed E-state index contributed by atoms with van der Waals surface area (Å²) in [5.41, 5.74) is 3.81. The number of rotatable bonds is 2. The summed E-state index contributed by atoms with van der Waals surface area (Å²) >= 11 is 6.04. The number of fused-ring (bicyclic) bond motifs is 1. The molecule has 0 bridgehead atoms. The Morgan fingerprint density at radius 2 is 2.15 bits per heavy atom. The van der Waals surface area contributed by atoms with Crippen LogP contribution >= 0.6 is 11.6 Å². The maximum absolute atomic E-state index is 12.3. The predicted molar refractivity (Wildman–Crippen MR) is 80.2 cm³/mol. The lowest BCUT2D eigenvalue weighted by Gasteiger charge is -2.09. The number of anilines is 1. The molecular formula is C15H12ClN3O. The fourth-order valence-corrected chi connectivity index (χ4v) is 2.19. The molecule has 3 aromatic rings. The van der Waals surface area contributed by atoms with Gasteiger partial charge in [0.1, 0.15) is 0 Å². The van der Waals surface area contributed by atoms with Crippen molar-refractivity contribution >= 4 is 34.2 Å². The second-order valence-electron chi connectivity index (χ2n) is 4.50. The van der Waals surface area contributed by atoms with E-state index in [1.807, 2.05) is 25.1 Å². The quantitative estimate of drug-likeness (QED) is 0.753. The van der Waals surface area contributed by atoms with Crippen molar-refractivity contribution in [3.05, 3.63) is 58.9 Å². The number of aromatic amines is 1. The van der Waals surface area contributed by atoms with Gasteiger partial charge in [0.2, 0.25) is 0 Å². The van der Waals surface area contributed by atoms with Crippen molar-refractivity contribution in [2.24, 2.45) is 0 Å². The van der Waals surface area contributed by atoms with Gasteiger partial charge in [-0.05, 0) is 42.8 Å². The number of carbonyl (C=O) groups is 1. The molecule has 0 spiro atoms. The Labute approximate surface area is 120 Å². The van der Waals surface area contributed by atoms with Crippen LogP contribution in [0.25, 0.3) is 11.0 Å². The molecule has 0 saturated heterocycles. The van der Waals surface area contributed by atoms with Gasteiger partial charge in [-0.3, -0.25) is 4.79 Å². The molecule has 3 rings (SSSR count). The van der Waals surface area contributed by atoms with E-state index in [0.29, 0.717) is 16.3 Å². The fourth-order valence-electron chi connectivity index (χ4n) is 2.01. The van der Waals surface area contributed by atoms with Gasteiger partial charge in [-0.1, -0.05) is 17.7 Å². The number of nitrogens with zero attached hydrogens (tertiary/aromatic N) is 1. The van der Waals surface area contributed by atoms with Gasteiger partial charge < -0.3 is 10.3 Å². The Balaban J connectivity index is 1.90. The summed E-state index contributed by atoms with van der Waals surface area (Å²) in [7, 11) is 0. The summed E-state index contributed by atoms with van der Waals surface area (Å²) in [4.78, 5) is 19.4. The largest absolute Gasteiger partial charge is 0.345 e. The Bertz CT molecular complexity index is 795. The minimum atomic E-state index is -0.174. The van der Waals surface area contributed by atoms with Crippen LogP contribution in [0.2, 0.25) is 5.02 Å². The van der Waals surface area contributed by atoms with Gasteiger partial charge in [-0.25, -0.2) is 4.98 Å². The number of H-pyrrole nitrogens is 1. The minimum Gasteiger partial charge on any atom is -0.345 e. The van der Waals surface area contributed by atoms with E-state index in [-0.39, 0.29) is 5.91 Å². The van der Waals surface area contributed by atoms with Crippen molar-refractivity contribution in [1.82, 2.24) is 9.97 Å². The second-order valence-corrected chi connectivity index (χ2v) is 4.91. The van der Waals surface area contributed by atoms with Crippen LogP contribution in [-0.2, 0) is 0 Å². The monoisotopic (exact) mass is 285 g/mol. The zero-order chi connectivity index (χ0) is 14.1. The fraction of sp³-hybridized carbons (Fsp3) is 0.0667. The Hall–Kier alpha value is -2.33. The van der Waals surface area contributed by atoms with Gasteiger partial charge in [0, 0.05) is 16.3 Å². The summed E-state index contributed by atoms with van der Waals surface area (Å²) in [6.07, 6.45) is 1.60.